The first-order valence-electron chi connectivity index (χ1n) is 11.0. The zero-order valence-electron chi connectivity index (χ0n) is 18.9. The van der Waals surface area contributed by atoms with Crippen LogP contribution in [0.5, 0.6) is 17.2 Å². The summed E-state index contributed by atoms with van der Waals surface area (Å²) in [5, 5.41) is 0. The monoisotopic (exact) mass is 438 g/mol. The lowest BCUT2D eigenvalue weighted by molar-refractivity contribution is -0.134. The molecule has 2 saturated heterocycles. The molecule has 2 fully saturated rings. The first-order valence-corrected chi connectivity index (χ1v) is 11.0. The quantitative estimate of drug-likeness (QED) is 0.693. The van der Waals surface area contributed by atoms with E-state index in [1.54, 1.807) is 44.4 Å². The number of carbonyl (C=O) groups excluding carboxylic acids is 2. The van der Waals surface area contributed by atoms with Crippen LogP contribution in [-0.2, 0) is 4.79 Å². The van der Waals surface area contributed by atoms with E-state index in [4.69, 9.17) is 14.2 Å². The number of rotatable bonds is 6. The van der Waals surface area contributed by atoms with Crippen LogP contribution >= 0.6 is 0 Å². The van der Waals surface area contributed by atoms with Gasteiger partial charge in [-0.05, 0) is 37.1 Å². The lowest BCUT2D eigenvalue weighted by atomic mass is 9.87. The maximum absolute atomic E-state index is 13.5. The van der Waals surface area contributed by atoms with Crippen molar-refractivity contribution in [3.8, 4) is 17.2 Å². The first-order chi connectivity index (χ1) is 15.5. The van der Waals surface area contributed by atoms with Crippen LogP contribution in [0, 0.1) is 5.92 Å². The minimum atomic E-state index is -0.315. The minimum Gasteiger partial charge on any atom is -0.497 e. The fourth-order valence-electron chi connectivity index (χ4n) is 4.77. The predicted octanol–water partition coefficient (Wildman–Crippen LogP) is 3.19. The van der Waals surface area contributed by atoms with Crippen molar-refractivity contribution in [1.29, 1.82) is 0 Å². The third-order valence-electron chi connectivity index (χ3n) is 6.50. The number of ether oxygens (including phenoxy) is 3. The van der Waals surface area contributed by atoms with Gasteiger partial charge in [0.1, 0.15) is 17.2 Å². The molecule has 0 saturated carbocycles. The van der Waals surface area contributed by atoms with E-state index in [0.717, 1.165) is 31.5 Å². The first kappa shape index (κ1) is 22.0. The number of benzene rings is 2. The van der Waals surface area contributed by atoms with Gasteiger partial charge in [-0.2, -0.15) is 0 Å². The van der Waals surface area contributed by atoms with Crippen molar-refractivity contribution >= 4 is 11.8 Å². The Kier molecular flexibility index (Phi) is 6.53. The Hall–Kier alpha value is -3.22. The Balaban J connectivity index is 1.66. The van der Waals surface area contributed by atoms with E-state index < -0.39 is 0 Å². The average Bonchev–Trinajstić information content (AvgIpc) is 3.53. The molecule has 0 unspecified atom stereocenters. The van der Waals surface area contributed by atoms with E-state index in [2.05, 4.69) is 0 Å². The molecule has 0 spiro atoms. The second-order valence-corrected chi connectivity index (χ2v) is 8.30. The van der Waals surface area contributed by atoms with Crippen LogP contribution in [0.25, 0.3) is 0 Å². The van der Waals surface area contributed by atoms with E-state index in [1.165, 1.54) is 0 Å². The summed E-state index contributed by atoms with van der Waals surface area (Å²) in [7, 11) is 4.80. The topological polar surface area (TPSA) is 68.3 Å². The van der Waals surface area contributed by atoms with Gasteiger partial charge in [-0.25, -0.2) is 0 Å². The Morgan fingerprint density at radius 1 is 0.844 bits per heavy atom. The SMILES string of the molecule is COc1cccc(C(=O)N2C[C@H](C(=O)N3CCCC3)[C@H](c3ccc(OC)cc3OC)C2)c1. The molecule has 0 aromatic heterocycles. The standard InChI is InChI=1S/C25H30N2O5/c1-30-18-8-6-7-17(13-18)24(28)27-15-21(20-10-9-19(31-2)14-23(20)32-3)22(16-27)25(29)26-11-4-5-12-26/h6-10,13-14,21-22H,4-5,11-12,15-16H2,1-3H3/t21-,22-/m0/s1. The summed E-state index contributed by atoms with van der Waals surface area (Å²) in [5.41, 5.74) is 1.48. The van der Waals surface area contributed by atoms with Crippen LogP contribution in [0.4, 0.5) is 0 Å². The molecule has 2 aromatic carbocycles. The molecule has 2 aliphatic heterocycles. The summed E-state index contributed by atoms with van der Waals surface area (Å²) < 4.78 is 16.3. The summed E-state index contributed by atoms with van der Waals surface area (Å²) in [6.45, 7) is 2.39. The smallest absolute Gasteiger partial charge is 0.254 e. The molecule has 170 valence electrons. The minimum absolute atomic E-state index is 0.0990. The fourth-order valence-corrected chi connectivity index (χ4v) is 4.77. The van der Waals surface area contributed by atoms with Crippen molar-refractivity contribution in [2.24, 2.45) is 5.92 Å². The van der Waals surface area contributed by atoms with Gasteiger partial charge < -0.3 is 24.0 Å². The molecule has 4 rings (SSSR count). The van der Waals surface area contributed by atoms with Gasteiger partial charge in [0, 0.05) is 49.3 Å². The Bertz CT molecular complexity index is 986. The molecule has 32 heavy (non-hydrogen) atoms. The largest absolute Gasteiger partial charge is 0.497 e. The third-order valence-corrected chi connectivity index (χ3v) is 6.50. The van der Waals surface area contributed by atoms with Crippen LogP contribution in [0.3, 0.4) is 0 Å². The van der Waals surface area contributed by atoms with Crippen molar-refractivity contribution in [1.82, 2.24) is 9.80 Å². The molecule has 0 aliphatic carbocycles. The van der Waals surface area contributed by atoms with Crippen molar-refractivity contribution < 1.29 is 23.8 Å². The van der Waals surface area contributed by atoms with Gasteiger partial charge >= 0.3 is 0 Å². The van der Waals surface area contributed by atoms with Gasteiger partial charge in [-0.3, -0.25) is 9.59 Å². The highest BCUT2D eigenvalue weighted by Gasteiger charge is 2.43. The second-order valence-electron chi connectivity index (χ2n) is 8.30. The van der Waals surface area contributed by atoms with Crippen LogP contribution in [-0.4, -0.2) is 69.1 Å². The molecule has 2 aliphatic rings. The molecule has 0 bridgehead atoms. The molecule has 0 N–H and O–H groups in total. The van der Waals surface area contributed by atoms with E-state index in [0.29, 0.717) is 35.9 Å². The molecular weight excluding hydrogens is 408 g/mol. The molecule has 7 nitrogen and oxygen atoms in total. The third kappa shape index (κ3) is 4.24. The highest BCUT2D eigenvalue weighted by molar-refractivity contribution is 5.95. The van der Waals surface area contributed by atoms with Crippen molar-refractivity contribution in [3.05, 3.63) is 53.6 Å². The maximum Gasteiger partial charge on any atom is 0.254 e. The molecule has 2 amide bonds. The molecule has 2 aromatic rings. The molecule has 2 atom stereocenters. The zero-order valence-corrected chi connectivity index (χ0v) is 18.9. The molecular formula is C25H30N2O5. The number of methoxy groups -OCH3 is 3. The number of hydrogen-bond acceptors (Lipinski definition) is 5. The number of nitrogens with zero attached hydrogens (tertiary/aromatic N) is 2. The lowest BCUT2D eigenvalue weighted by Gasteiger charge is -2.25. The highest BCUT2D eigenvalue weighted by Crippen LogP contribution is 2.40. The molecule has 2 heterocycles. The Labute approximate surface area is 188 Å². The molecule has 0 radical (unpaired) electrons. The number of hydrogen-bond donors (Lipinski definition) is 0. The van der Waals surface area contributed by atoms with Crippen molar-refractivity contribution in [2.75, 3.05) is 47.5 Å². The zero-order chi connectivity index (χ0) is 22.7. The van der Waals surface area contributed by atoms with Gasteiger partial charge in [0.25, 0.3) is 5.91 Å². The van der Waals surface area contributed by atoms with Gasteiger partial charge in [-0.1, -0.05) is 12.1 Å². The van der Waals surface area contributed by atoms with Crippen LogP contribution in [0.15, 0.2) is 42.5 Å². The van der Waals surface area contributed by atoms with E-state index in [9.17, 15) is 9.59 Å². The van der Waals surface area contributed by atoms with E-state index in [-0.39, 0.29) is 23.7 Å². The summed E-state index contributed by atoms with van der Waals surface area (Å²) in [5.74, 6) is 1.54. The number of likely N-dealkylation sites (tertiary alicyclic amines) is 2. The Morgan fingerprint density at radius 2 is 1.56 bits per heavy atom. The predicted molar refractivity (Wildman–Crippen MR) is 120 cm³/mol. The van der Waals surface area contributed by atoms with Crippen LogP contribution < -0.4 is 14.2 Å². The van der Waals surface area contributed by atoms with Crippen LogP contribution in [0.1, 0.15) is 34.7 Å². The average molecular weight is 439 g/mol. The normalized spacial score (nSPS) is 20.3. The maximum atomic E-state index is 13.5. The Morgan fingerprint density at radius 3 is 2.25 bits per heavy atom. The van der Waals surface area contributed by atoms with Crippen LogP contribution in [0.2, 0.25) is 0 Å². The number of amides is 2. The van der Waals surface area contributed by atoms with E-state index in [1.807, 2.05) is 29.2 Å². The van der Waals surface area contributed by atoms with Crippen molar-refractivity contribution in [2.45, 2.75) is 18.8 Å². The summed E-state index contributed by atoms with van der Waals surface area (Å²) >= 11 is 0. The second kappa shape index (κ2) is 9.51. The van der Waals surface area contributed by atoms with E-state index >= 15 is 0 Å². The van der Waals surface area contributed by atoms with Gasteiger partial charge in [0.2, 0.25) is 5.91 Å². The highest BCUT2D eigenvalue weighted by atomic mass is 16.5. The molecule has 7 heteroatoms. The fraction of sp³-hybridized carbons (Fsp3) is 0.440. The number of carbonyl (C=O) groups is 2. The summed E-state index contributed by atoms with van der Waals surface area (Å²) in [6, 6.07) is 12.8. The van der Waals surface area contributed by atoms with Crippen molar-refractivity contribution in [3.63, 3.8) is 0 Å². The van der Waals surface area contributed by atoms with Gasteiger partial charge in [0.15, 0.2) is 0 Å². The van der Waals surface area contributed by atoms with Gasteiger partial charge in [-0.15, -0.1) is 0 Å². The summed E-state index contributed by atoms with van der Waals surface area (Å²) in [6.07, 6.45) is 2.06. The van der Waals surface area contributed by atoms with Gasteiger partial charge in [0.05, 0.1) is 27.2 Å². The lowest BCUT2D eigenvalue weighted by Crippen LogP contribution is -2.37. The summed E-state index contributed by atoms with van der Waals surface area (Å²) in [4.78, 5) is 30.5.